The van der Waals surface area contributed by atoms with E-state index in [2.05, 4.69) is 5.32 Å². The minimum Gasteiger partial charge on any atom is -0.351 e. The summed E-state index contributed by atoms with van der Waals surface area (Å²) in [6, 6.07) is 9.77. The monoisotopic (exact) mass is 425 g/mol. The summed E-state index contributed by atoms with van der Waals surface area (Å²) in [6.07, 6.45) is 1.57. The molecule has 28 heavy (non-hydrogen) atoms. The minimum atomic E-state index is -1.08. The standard InChI is InChI=1S/C20H25Cl2N3O3/c1-13(14-5-3-2-4-6-14)25-12-15(11-17(25)26)20(28)24-9-7-16(8-10-24)23-19(27)18(21)22/h2-6,13,15-16,18H,7-12H2,1H3,(H,23,27). The first-order valence-corrected chi connectivity index (χ1v) is 10.5. The first-order valence-electron chi connectivity index (χ1n) is 9.58. The van der Waals surface area contributed by atoms with E-state index in [0.717, 1.165) is 5.56 Å². The summed E-state index contributed by atoms with van der Waals surface area (Å²) in [5, 5.41) is 2.79. The zero-order valence-electron chi connectivity index (χ0n) is 15.8. The van der Waals surface area contributed by atoms with Crippen LogP contribution in [0.25, 0.3) is 0 Å². The Morgan fingerprint density at radius 3 is 2.39 bits per heavy atom. The summed E-state index contributed by atoms with van der Waals surface area (Å²) in [4.78, 5) is 39.5. The van der Waals surface area contributed by atoms with E-state index in [1.54, 1.807) is 9.80 Å². The number of likely N-dealkylation sites (tertiary alicyclic amines) is 2. The average molecular weight is 426 g/mol. The molecule has 1 aromatic carbocycles. The highest BCUT2D eigenvalue weighted by Gasteiger charge is 2.39. The number of benzene rings is 1. The van der Waals surface area contributed by atoms with Crippen molar-refractivity contribution in [2.24, 2.45) is 5.92 Å². The molecule has 2 heterocycles. The number of nitrogens with one attached hydrogen (secondary N) is 1. The smallest absolute Gasteiger partial charge is 0.253 e. The molecule has 0 saturated carbocycles. The van der Waals surface area contributed by atoms with E-state index in [1.807, 2.05) is 37.3 Å². The largest absolute Gasteiger partial charge is 0.351 e. The van der Waals surface area contributed by atoms with Gasteiger partial charge in [0.25, 0.3) is 5.91 Å². The summed E-state index contributed by atoms with van der Waals surface area (Å²) in [7, 11) is 0. The maximum Gasteiger partial charge on any atom is 0.253 e. The van der Waals surface area contributed by atoms with Crippen molar-refractivity contribution in [1.29, 1.82) is 0 Å². The van der Waals surface area contributed by atoms with Crippen molar-refractivity contribution in [3.05, 3.63) is 35.9 Å². The van der Waals surface area contributed by atoms with Crippen molar-refractivity contribution >= 4 is 40.9 Å². The zero-order valence-corrected chi connectivity index (χ0v) is 17.3. The summed E-state index contributed by atoms with van der Waals surface area (Å²) < 4.78 is 0. The predicted molar refractivity (Wildman–Crippen MR) is 108 cm³/mol. The van der Waals surface area contributed by atoms with Gasteiger partial charge in [0.2, 0.25) is 11.8 Å². The fourth-order valence-corrected chi connectivity index (χ4v) is 4.08. The van der Waals surface area contributed by atoms with E-state index < -0.39 is 10.7 Å². The van der Waals surface area contributed by atoms with Crippen LogP contribution >= 0.6 is 23.2 Å². The molecule has 0 aliphatic carbocycles. The fraction of sp³-hybridized carbons (Fsp3) is 0.550. The van der Waals surface area contributed by atoms with Crippen LogP contribution < -0.4 is 5.32 Å². The molecule has 2 fully saturated rings. The third kappa shape index (κ3) is 4.78. The second kappa shape index (κ2) is 9.14. The van der Waals surface area contributed by atoms with Crippen LogP contribution in [0.3, 0.4) is 0 Å². The number of nitrogens with zero attached hydrogens (tertiary/aromatic N) is 2. The Morgan fingerprint density at radius 1 is 1.14 bits per heavy atom. The van der Waals surface area contributed by atoms with Crippen molar-refractivity contribution < 1.29 is 14.4 Å². The Morgan fingerprint density at radius 2 is 1.79 bits per heavy atom. The number of alkyl halides is 2. The lowest BCUT2D eigenvalue weighted by Crippen LogP contribution is -2.49. The van der Waals surface area contributed by atoms with Gasteiger partial charge in [0.05, 0.1) is 12.0 Å². The lowest BCUT2D eigenvalue weighted by atomic mass is 10.0. The lowest BCUT2D eigenvalue weighted by Gasteiger charge is -2.34. The number of carbonyl (C=O) groups is 3. The molecule has 2 saturated heterocycles. The highest BCUT2D eigenvalue weighted by atomic mass is 35.5. The van der Waals surface area contributed by atoms with Crippen LogP contribution in [0.4, 0.5) is 0 Å². The molecule has 2 aliphatic rings. The Kier molecular flexibility index (Phi) is 6.83. The molecule has 6 nitrogen and oxygen atoms in total. The van der Waals surface area contributed by atoms with E-state index in [0.29, 0.717) is 32.5 Å². The first-order chi connectivity index (χ1) is 13.4. The van der Waals surface area contributed by atoms with E-state index >= 15 is 0 Å². The van der Waals surface area contributed by atoms with Gasteiger partial charge < -0.3 is 15.1 Å². The van der Waals surface area contributed by atoms with Crippen molar-refractivity contribution in [2.45, 2.75) is 43.1 Å². The summed E-state index contributed by atoms with van der Waals surface area (Å²) >= 11 is 11.1. The van der Waals surface area contributed by atoms with Gasteiger partial charge in [0.15, 0.2) is 4.84 Å². The minimum absolute atomic E-state index is 0.0205. The van der Waals surface area contributed by atoms with Gasteiger partial charge in [-0.15, -0.1) is 0 Å². The van der Waals surface area contributed by atoms with Crippen molar-refractivity contribution in [2.75, 3.05) is 19.6 Å². The Hall–Kier alpha value is -1.79. The molecule has 3 amide bonds. The second-order valence-electron chi connectivity index (χ2n) is 7.44. The molecule has 2 aliphatic heterocycles. The van der Waals surface area contributed by atoms with Crippen LogP contribution in [0.2, 0.25) is 0 Å². The number of halogens is 2. The SMILES string of the molecule is CC(c1ccccc1)N1CC(C(=O)N2CCC(NC(=O)C(Cl)Cl)CC2)CC1=O. The van der Waals surface area contributed by atoms with Crippen molar-refractivity contribution in [3.8, 4) is 0 Å². The van der Waals surface area contributed by atoms with E-state index in [1.165, 1.54) is 0 Å². The Balaban J connectivity index is 1.53. The predicted octanol–water partition coefficient (Wildman–Crippen LogP) is 2.51. The highest BCUT2D eigenvalue weighted by Crippen LogP contribution is 2.30. The first kappa shape index (κ1) is 20.9. The summed E-state index contributed by atoms with van der Waals surface area (Å²) in [6.45, 7) is 3.55. The molecular formula is C20H25Cl2N3O3. The number of carbonyl (C=O) groups excluding carboxylic acids is 3. The molecule has 0 radical (unpaired) electrons. The second-order valence-corrected chi connectivity index (χ2v) is 8.54. The van der Waals surface area contributed by atoms with Crippen molar-refractivity contribution in [1.82, 2.24) is 15.1 Å². The molecule has 2 unspecified atom stereocenters. The van der Waals surface area contributed by atoms with Gasteiger partial charge in [-0.05, 0) is 25.3 Å². The van der Waals surface area contributed by atoms with E-state index in [4.69, 9.17) is 23.2 Å². The Labute approximate surface area is 175 Å². The number of amides is 3. The van der Waals surface area contributed by atoms with Gasteiger partial charge in [0.1, 0.15) is 0 Å². The average Bonchev–Trinajstić information content (AvgIpc) is 3.09. The molecule has 2 atom stereocenters. The van der Waals surface area contributed by atoms with Gasteiger partial charge in [0, 0.05) is 32.1 Å². The molecule has 8 heteroatoms. The van der Waals surface area contributed by atoms with Crippen molar-refractivity contribution in [3.63, 3.8) is 0 Å². The molecule has 0 bridgehead atoms. The van der Waals surface area contributed by atoms with Crippen LogP contribution in [0.15, 0.2) is 30.3 Å². The van der Waals surface area contributed by atoms with Gasteiger partial charge >= 0.3 is 0 Å². The van der Waals surface area contributed by atoms with Gasteiger partial charge in [-0.3, -0.25) is 14.4 Å². The fourth-order valence-electron chi connectivity index (χ4n) is 3.95. The topological polar surface area (TPSA) is 69.7 Å². The van der Waals surface area contributed by atoms with E-state index in [-0.39, 0.29) is 36.2 Å². The zero-order chi connectivity index (χ0) is 20.3. The number of hydrogen-bond donors (Lipinski definition) is 1. The van der Waals surface area contributed by atoms with E-state index in [9.17, 15) is 14.4 Å². The molecular weight excluding hydrogens is 401 g/mol. The summed E-state index contributed by atoms with van der Waals surface area (Å²) in [5.41, 5.74) is 1.07. The van der Waals surface area contributed by atoms with Gasteiger partial charge in [-0.1, -0.05) is 53.5 Å². The van der Waals surface area contributed by atoms with Gasteiger partial charge in [-0.25, -0.2) is 0 Å². The van der Waals surface area contributed by atoms with Crippen LogP contribution in [0.1, 0.15) is 37.8 Å². The van der Waals surface area contributed by atoms with Crippen LogP contribution in [0, 0.1) is 5.92 Å². The molecule has 0 spiro atoms. The molecule has 0 aromatic heterocycles. The number of piperidine rings is 1. The molecule has 152 valence electrons. The molecule has 1 N–H and O–H groups in total. The number of rotatable bonds is 5. The number of hydrogen-bond acceptors (Lipinski definition) is 3. The van der Waals surface area contributed by atoms with Crippen LogP contribution in [0.5, 0.6) is 0 Å². The van der Waals surface area contributed by atoms with Crippen LogP contribution in [-0.4, -0.2) is 58.0 Å². The molecule has 1 aromatic rings. The van der Waals surface area contributed by atoms with Gasteiger partial charge in [-0.2, -0.15) is 0 Å². The Bertz CT molecular complexity index is 721. The summed E-state index contributed by atoms with van der Waals surface area (Å²) in [5.74, 6) is -0.666. The maximum atomic E-state index is 12.9. The molecule has 3 rings (SSSR count). The third-order valence-corrected chi connectivity index (χ3v) is 6.00. The third-order valence-electron chi connectivity index (χ3n) is 5.61. The maximum absolute atomic E-state index is 12.9. The van der Waals surface area contributed by atoms with Crippen LogP contribution in [-0.2, 0) is 14.4 Å². The lowest BCUT2D eigenvalue weighted by molar-refractivity contribution is -0.137. The quantitative estimate of drug-likeness (QED) is 0.736. The highest BCUT2D eigenvalue weighted by molar-refractivity contribution is 6.53. The normalized spacial score (nSPS) is 21.9.